The lowest BCUT2D eigenvalue weighted by Gasteiger charge is -2.36. The van der Waals surface area contributed by atoms with Crippen LogP contribution in [0.3, 0.4) is 0 Å². The third kappa shape index (κ3) is 3.74. The molecule has 0 radical (unpaired) electrons. The van der Waals surface area contributed by atoms with Crippen molar-refractivity contribution in [3.05, 3.63) is 34.1 Å². The van der Waals surface area contributed by atoms with Crippen LogP contribution in [-0.2, 0) is 12.8 Å². The molecule has 120 valence electrons. The molecule has 0 amide bonds. The Bertz CT molecular complexity index is 560. The van der Waals surface area contributed by atoms with Crippen molar-refractivity contribution in [2.24, 2.45) is 0 Å². The molecule has 1 saturated heterocycles. The van der Waals surface area contributed by atoms with E-state index in [1.54, 1.807) is 0 Å². The van der Waals surface area contributed by atoms with Crippen LogP contribution in [0.2, 0.25) is 0 Å². The molecule has 0 unspecified atom stereocenters. The van der Waals surface area contributed by atoms with Gasteiger partial charge in [-0.15, -0.1) is 11.3 Å². The van der Waals surface area contributed by atoms with Gasteiger partial charge in [-0.2, -0.15) is 4.98 Å². The van der Waals surface area contributed by atoms with Crippen molar-refractivity contribution in [3.63, 3.8) is 0 Å². The summed E-state index contributed by atoms with van der Waals surface area (Å²) in [5.41, 5.74) is 0. The minimum absolute atomic E-state index is 0.215. The fraction of sp³-hybridized carbons (Fsp3) is 0.625. The average Bonchev–Trinajstić information content (AvgIpc) is 3.24. The van der Waals surface area contributed by atoms with Crippen LogP contribution in [0.15, 0.2) is 22.0 Å². The van der Waals surface area contributed by atoms with Crippen molar-refractivity contribution < 1.29 is 4.52 Å². The van der Waals surface area contributed by atoms with E-state index in [1.807, 2.05) is 18.3 Å². The summed E-state index contributed by atoms with van der Waals surface area (Å²) >= 11 is 1.85. The molecule has 0 spiro atoms. The van der Waals surface area contributed by atoms with E-state index >= 15 is 0 Å². The maximum absolute atomic E-state index is 5.38. The number of piperazine rings is 1. The lowest BCUT2D eigenvalue weighted by Crippen LogP contribution is -2.47. The highest BCUT2D eigenvalue weighted by Crippen LogP contribution is 2.20. The molecule has 1 atom stereocenters. The van der Waals surface area contributed by atoms with E-state index in [0.717, 1.165) is 57.3 Å². The minimum Gasteiger partial charge on any atom is -0.338 e. The molecule has 3 heterocycles. The van der Waals surface area contributed by atoms with Gasteiger partial charge >= 0.3 is 0 Å². The molecule has 6 heteroatoms. The Morgan fingerprint density at radius 2 is 2.14 bits per heavy atom. The third-order valence-corrected chi connectivity index (χ3v) is 5.30. The standard InChI is InChI=1S/C16H24N4OS/c1-3-15-17-16(21-18-15)13(2)20-10-8-19(9-11-20)7-6-14-5-4-12-22-14/h4-5,12-13H,3,6-11H2,1-2H3/t13-/m0/s1. The van der Waals surface area contributed by atoms with Crippen LogP contribution in [0, 0.1) is 0 Å². The quantitative estimate of drug-likeness (QED) is 0.819. The Balaban J connectivity index is 1.46. The van der Waals surface area contributed by atoms with Crippen molar-refractivity contribution in [1.82, 2.24) is 19.9 Å². The van der Waals surface area contributed by atoms with Gasteiger partial charge in [-0.1, -0.05) is 18.1 Å². The summed E-state index contributed by atoms with van der Waals surface area (Å²) in [6.45, 7) is 9.73. The lowest BCUT2D eigenvalue weighted by molar-refractivity contribution is 0.0891. The Hall–Kier alpha value is -1.24. The maximum atomic E-state index is 5.38. The van der Waals surface area contributed by atoms with Gasteiger partial charge in [-0.25, -0.2) is 0 Å². The Morgan fingerprint density at radius 1 is 1.32 bits per heavy atom. The van der Waals surface area contributed by atoms with Crippen LogP contribution in [0.1, 0.15) is 36.5 Å². The van der Waals surface area contributed by atoms with Crippen molar-refractivity contribution in [3.8, 4) is 0 Å². The average molecular weight is 320 g/mol. The van der Waals surface area contributed by atoms with Crippen molar-refractivity contribution >= 4 is 11.3 Å². The van der Waals surface area contributed by atoms with E-state index in [-0.39, 0.29) is 6.04 Å². The first-order chi connectivity index (χ1) is 10.8. The van der Waals surface area contributed by atoms with Crippen LogP contribution in [0.25, 0.3) is 0 Å². The molecule has 2 aromatic heterocycles. The molecular weight excluding hydrogens is 296 g/mol. The number of nitrogens with zero attached hydrogens (tertiary/aromatic N) is 4. The smallest absolute Gasteiger partial charge is 0.243 e. The highest BCUT2D eigenvalue weighted by atomic mass is 32.1. The fourth-order valence-electron chi connectivity index (χ4n) is 2.83. The topological polar surface area (TPSA) is 45.4 Å². The van der Waals surface area contributed by atoms with Gasteiger partial charge in [0.2, 0.25) is 5.89 Å². The molecule has 0 saturated carbocycles. The largest absolute Gasteiger partial charge is 0.338 e. The van der Waals surface area contributed by atoms with Crippen LogP contribution in [-0.4, -0.2) is 52.7 Å². The second-order valence-electron chi connectivity index (χ2n) is 5.79. The van der Waals surface area contributed by atoms with Gasteiger partial charge in [0.05, 0.1) is 6.04 Å². The van der Waals surface area contributed by atoms with E-state index in [0.29, 0.717) is 0 Å². The summed E-state index contributed by atoms with van der Waals surface area (Å²) < 4.78 is 5.38. The van der Waals surface area contributed by atoms with E-state index in [4.69, 9.17) is 4.52 Å². The van der Waals surface area contributed by atoms with Crippen molar-refractivity contribution in [1.29, 1.82) is 0 Å². The zero-order valence-corrected chi connectivity index (χ0v) is 14.2. The molecule has 0 aliphatic carbocycles. The molecule has 1 aliphatic rings. The van der Waals surface area contributed by atoms with Crippen LogP contribution in [0.4, 0.5) is 0 Å². The number of rotatable bonds is 6. The minimum atomic E-state index is 0.215. The van der Waals surface area contributed by atoms with Crippen molar-refractivity contribution in [2.45, 2.75) is 32.7 Å². The summed E-state index contributed by atoms with van der Waals surface area (Å²) in [7, 11) is 0. The first kappa shape index (κ1) is 15.6. The van der Waals surface area contributed by atoms with Crippen molar-refractivity contribution in [2.75, 3.05) is 32.7 Å². The van der Waals surface area contributed by atoms with Gasteiger partial charge in [-0.05, 0) is 24.8 Å². The molecule has 0 N–H and O–H groups in total. The van der Waals surface area contributed by atoms with E-state index < -0.39 is 0 Å². The Morgan fingerprint density at radius 3 is 2.77 bits per heavy atom. The summed E-state index contributed by atoms with van der Waals surface area (Å²) in [5.74, 6) is 1.56. The van der Waals surface area contributed by atoms with Gasteiger partial charge in [0, 0.05) is 44.0 Å². The zero-order chi connectivity index (χ0) is 15.4. The SMILES string of the molecule is CCc1noc([C@H](C)N2CCN(CCc3cccs3)CC2)n1. The van der Waals surface area contributed by atoms with Gasteiger partial charge in [0.15, 0.2) is 5.82 Å². The first-order valence-corrected chi connectivity index (χ1v) is 8.95. The van der Waals surface area contributed by atoms with Gasteiger partial charge < -0.3 is 9.42 Å². The predicted molar refractivity (Wildman–Crippen MR) is 88.1 cm³/mol. The van der Waals surface area contributed by atoms with Crippen LogP contribution in [0.5, 0.6) is 0 Å². The van der Waals surface area contributed by atoms with Crippen LogP contribution < -0.4 is 0 Å². The zero-order valence-electron chi connectivity index (χ0n) is 13.4. The number of thiophene rings is 1. The fourth-order valence-corrected chi connectivity index (χ4v) is 3.53. The number of hydrogen-bond donors (Lipinski definition) is 0. The lowest BCUT2D eigenvalue weighted by atomic mass is 10.2. The molecule has 3 rings (SSSR count). The van der Waals surface area contributed by atoms with E-state index in [1.165, 1.54) is 4.88 Å². The van der Waals surface area contributed by atoms with E-state index in [2.05, 4.69) is 44.4 Å². The third-order valence-electron chi connectivity index (χ3n) is 4.37. The molecule has 0 aromatic carbocycles. The molecule has 2 aromatic rings. The normalized spacial score (nSPS) is 18.6. The summed E-state index contributed by atoms with van der Waals surface area (Å²) in [4.78, 5) is 10.9. The molecule has 0 bridgehead atoms. The Labute approximate surface area is 135 Å². The monoisotopic (exact) mass is 320 g/mol. The first-order valence-electron chi connectivity index (χ1n) is 8.07. The highest BCUT2D eigenvalue weighted by Gasteiger charge is 2.25. The number of hydrogen-bond acceptors (Lipinski definition) is 6. The molecule has 1 fully saturated rings. The van der Waals surface area contributed by atoms with Gasteiger partial charge in [-0.3, -0.25) is 4.90 Å². The van der Waals surface area contributed by atoms with Gasteiger partial charge in [0.25, 0.3) is 0 Å². The summed E-state index contributed by atoms with van der Waals surface area (Å²) in [6, 6.07) is 4.57. The second-order valence-corrected chi connectivity index (χ2v) is 6.82. The van der Waals surface area contributed by atoms with E-state index in [9.17, 15) is 0 Å². The summed E-state index contributed by atoms with van der Waals surface area (Å²) in [5, 5.41) is 6.16. The second kappa shape index (κ2) is 7.35. The maximum Gasteiger partial charge on any atom is 0.243 e. The van der Waals surface area contributed by atoms with Crippen LogP contribution >= 0.6 is 11.3 Å². The molecule has 22 heavy (non-hydrogen) atoms. The van der Waals surface area contributed by atoms with Gasteiger partial charge in [0.1, 0.15) is 0 Å². The molecule has 5 nitrogen and oxygen atoms in total. The summed E-state index contributed by atoms with van der Waals surface area (Å²) in [6.07, 6.45) is 1.99. The molecular formula is C16H24N4OS. The number of aromatic nitrogens is 2. The molecule has 1 aliphatic heterocycles. The predicted octanol–water partition coefficient (Wildman–Crippen LogP) is 2.61. The Kier molecular flexibility index (Phi) is 5.23. The number of aryl methyl sites for hydroxylation is 1. The highest BCUT2D eigenvalue weighted by molar-refractivity contribution is 7.09.